The van der Waals surface area contributed by atoms with Gasteiger partial charge < -0.3 is 9.64 Å². The van der Waals surface area contributed by atoms with Gasteiger partial charge in [-0.15, -0.1) is 0 Å². The second-order valence-electron chi connectivity index (χ2n) is 12.0. The minimum Gasteiger partial charge on any atom is -0.487 e. The Morgan fingerprint density at radius 2 is 1.54 bits per heavy atom. The van der Waals surface area contributed by atoms with Crippen LogP contribution < -0.4 is 4.74 Å². The largest absolute Gasteiger partial charge is 0.487 e. The summed E-state index contributed by atoms with van der Waals surface area (Å²) in [4.78, 5) is 2.64. The number of hydrazone groups is 1. The van der Waals surface area contributed by atoms with Gasteiger partial charge in [-0.3, -0.25) is 5.01 Å². The molecule has 7 nitrogen and oxygen atoms in total. The monoisotopic (exact) mass is 570 g/mol. The Labute approximate surface area is 243 Å². The SMILES string of the molecule is Cc1c(C)c(S(=O)(=O)n2c(-c3ccccc3)c(C=NN3CCN(C)CC3)c3ccccc32)c(C)c2c1OC(C)(C)C2. The van der Waals surface area contributed by atoms with Gasteiger partial charge in [0, 0.05) is 49.1 Å². The first-order valence-corrected chi connectivity index (χ1v) is 15.7. The van der Waals surface area contributed by atoms with E-state index in [0.717, 1.165) is 70.7 Å². The lowest BCUT2D eigenvalue weighted by Crippen LogP contribution is -2.41. The van der Waals surface area contributed by atoms with Crippen molar-refractivity contribution in [2.24, 2.45) is 5.10 Å². The van der Waals surface area contributed by atoms with Crippen molar-refractivity contribution < 1.29 is 13.2 Å². The first-order chi connectivity index (χ1) is 19.5. The number of piperazine rings is 1. The molecule has 0 unspecified atom stereocenters. The lowest BCUT2D eigenvalue weighted by atomic mass is 9.94. The molecule has 1 fully saturated rings. The molecule has 0 aliphatic carbocycles. The molecular formula is C33H38N4O3S. The molecule has 2 aliphatic heterocycles. The van der Waals surface area contributed by atoms with Crippen molar-refractivity contribution in [3.05, 3.63) is 82.4 Å². The van der Waals surface area contributed by atoms with E-state index in [2.05, 4.69) is 17.0 Å². The van der Waals surface area contributed by atoms with Crippen molar-refractivity contribution in [1.82, 2.24) is 13.9 Å². The Bertz CT molecular complexity index is 1780. The lowest BCUT2D eigenvalue weighted by Gasteiger charge is -2.30. The van der Waals surface area contributed by atoms with Gasteiger partial charge in [0.05, 0.1) is 22.3 Å². The molecule has 3 aromatic carbocycles. The van der Waals surface area contributed by atoms with Crippen LogP contribution in [0, 0.1) is 20.8 Å². The summed E-state index contributed by atoms with van der Waals surface area (Å²) in [6.07, 6.45) is 2.52. The van der Waals surface area contributed by atoms with Gasteiger partial charge in [-0.1, -0.05) is 48.5 Å². The topological polar surface area (TPSA) is 67.1 Å². The summed E-state index contributed by atoms with van der Waals surface area (Å²) < 4.78 is 37.9. The molecule has 4 aromatic rings. The highest BCUT2D eigenvalue weighted by atomic mass is 32.2. The number of hydrogen-bond donors (Lipinski definition) is 0. The summed E-state index contributed by atoms with van der Waals surface area (Å²) in [6.45, 7) is 13.4. The fourth-order valence-corrected chi connectivity index (χ4v) is 8.35. The molecule has 3 heterocycles. The zero-order chi connectivity index (χ0) is 29.1. The molecule has 0 bridgehead atoms. The van der Waals surface area contributed by atoms with Crippen LogP contribution in [0.3, 0.4) is 0 Å². The van der Waals surface area contributed by atoms with Gasteiger partial charge in [0.15, 0.2) is 0 Å². The highest BCUT2D eigenvalue weighted by Gasteiger charge is 2.38. The number of benzene rings is 3. The minimum atomic E-state index is -4.04. The van der Waals surface area contributed by atoms with E-state index in [1.54, 1.807) is 3.97 Å². The predicted octanol–water partition coefficient (Wildman–Crippen LogP) is 5.77. The van der Waals surface area contributed by atoms with E-state index >= 15 is 8.42 Å². The average molecular weight is 571 g/mol. The van der Waals surface area contributed by atoms with E-state index in [9.17, 15) is 0 Å². The van der Waals surface area contributed by atoms with Crippen molar-refractivity contribution in [3.8, 4) is 17.0 Å². The van der Waals surface area contributed by atoms with Crippen LogP contribution in [0.4, 0.5) is 0 Å². The normalized spacial score (nSPS) is 17.4. The fraction of sp³-hybridized carbons (Fsp3) is 0.364. The van der Waals surface area contributed by atoms with Crippen LogP contribution >= 0.6 is 0 Å². The zero-order valence-electron chi connectivity index (χ0n) is 24.7. The number of ether oxygens (including phenoxy) is 1. The second-order valence-corrected chi connectivity index (χ2v) is 13.7. The van der Waals surface area contributed by atoms with Crippen LogP contribution in [0.1, 0.15) is 41.7 Å². The first kappa shape index (κ1) is 27.5. The van der Waals surface area contributed by atoms with E-state index in [1.807, 2.05) is 95.4 Å². The lowest BCUT2D eigenvalue weighted by molar-refractivity contribution is 0.137. The van der Waals surface area contributed by atoms with E-state index in [4.69, 9.17) is 9.84 Å². The van der Waals surface area contributed by atoms with E-state index in [1.165, 1.54) is 0 Å². The highest BCUT2D eigenvalue weighted by Crippen LogP contribution is 2.45. The zero-order valence-corrected chi connectivity index (χ0v) is 25.5. The molecule has 8 heteroatoms. The number of aromatic nitrogens is 1. The quantitative estimate of drug-likeness (QED) is 0.285. The Morgan fingerprint density at radius 3 is 2.24 bits per heavy atom. The summed E-state index contributed by atoms with van der Waals surface area (Å²) >= 11 is 0. The fourth-order valence-electron chi connectivity index (χ4n) is 6.26. The molecule has 1 aromatic heterocycles. The van der Waals surface area contributed by atoms with E-state index in [-0.39, 0.29) is 5.60 Å². The molecule has 0 spiro atoms. The third-order valence-corrected chi connectivity index (χ3v) is 10.5. The maximum Gasteiger partial charge on any atom is 0.269 e. The number of rotatable bonds is 5. The van der Waals surface area contributed by atoms with E-state index < -0.39 is 10.0 Å². The highest BCUT2D eigenvalue weighted by molar-refractivity contribution is 7.90. The van der Waals surface area contributed by atoms with Gasteiger partial charge in [0.2, 0.25) is 0 Å². The van der Waals surface area contributed by atoms with Crippen molar-refractivity contribution in [1.29, 1.82) is 0 Å². The smallest absolute Gasteiger partial charge is 0.269 e. The molecule has 0 amide bonds. The molecule has 1 saturated heterocycles. The number of nitrogens with zero attached hydrogens (tertiary/aromatic N) is 4. The summed E-state index contributed by atoms with van der Waals surface area (Å²) in [7, 11) is -1.92. The standard InChI is InChI=1S/C33H38N4O3S/c1-22-23(2)32(24(3)27-20-33(4,5)40-31(22)27)41(38,39)37-29-15-11-10-14-26(29)28(30(37)25-12-8-7-9-13-25)21-34-36-18-16-35(6)17-19-36/h7-15,21H,16-20H2,1-6H3. The van der Waals surface area contributed by atoms with Gasteiger partial charge in [-0.2, -0.15) is 5.10 Å². The number of para-hydroxylation sites is 1. The van der Waals surface area contributed by atoms with Crippen molar-refractivity contribution in [3.63, 3.8) is 0 Å². The summed E-state index contributed by atoms with van der Waals surface area (Å²) in [5, 5.41) is 7.78. The first-order valence-electron chi connectivity index (χ1n) is 14.2. The van der Waals surface area contributed by atoms with Gasteiger partial charge >= 0.3 is 0 Å². The maximum absolute atomic E-state index is 15.0. The summed E-state index contributed by atoms with van der Waals surface area (Å²) in [6, 6.07) is 17.5. The summed E-state index contributed by atoms with van der Waals surface area (Å²) in [5.41, 5.74) is 5.85. The Hall–Kier alpha value is -3.62. The van der Waals surface area contributed by atoms with Gasteiger partial charge in [0.1, 0.15) is 11.4 Å². The minimum absolute atomic E-state index is 0.357. The van der Waals surface area contributed by atoms with Gasteiger partial charge in [-0.05, 0) is 70.0 Å². The number of likely N-dealkylation sites (N-methyl/N-ethyl adjacent to an activating group) is 1. The van der Waals surface area contributed by atoms with Gasteiger partial charge in [-0.25, -0.2) is 12.4 Å². The Kier molecular flexibility index (Phi) is 6.74. The molecule has 2 aliphatic rings. The van der Waals surface area contributed by atoms with Crippen molar-refractivity contribution in [2.45, 2.75) is 51.5 Å². The third kappa shape index (κ3) is 4.63. The predicted molar refractivity (Wildman–Crippen MR) is 166 cm³/mol. The molecule has 214 valence electrons. The van der Waals surface area contributed by atoms with Crippen molar-refractivity contribution >= 4 is 27.1 Å². The molecule has 0 N–H and O–H groups in total. The molecule has 0 saturated carbocycles. The van der Waals surface area contributed by atoms with Crippen LogP contribution in [0.2, 0.25) is 0 Å². The average Bonchev–Trinajstić information content (AvgIpc) is 3.47. The Balaban J connectivity index is 1.62. The third-order valence-electron chi connectivity index (χ3n) is 8.54. The van der Waals surface area contributed by atoms with Gasteiger partial charge in [0.25, 0.3) is 10.0 Å². The molecule has 41 heavy (non-hydrogen) atoms. The van der Waals surface area contributed by atoms with Crippen LogP contribution in [0.5, 0.6) is 5.75 Å². The van der Waals surface area contributed by atoms with Crippen molar-refractivity contribution in [2.75, 3.05) is 33.2 Å². The molecular weight excluding hydrogens is 532 g/mol. The summed E-state index contributed by atoms with van der Waals surface area (Å²) in [5.74, 6) is 0.824. The van der Waals surface area contributed by atoms with Crippen LogP contribution in [-0.2, 0) is 16.4 Å². The maximum atomic E-state index is 15.0. The van der Waals surface area contributed by atoms with E-state index in [0.29, 0.717) is 22.5 Å². The molecule has 6 rings (SSSR count). The second kappa shape index (κ2) is 10.0. The van der Waals surface area contributed by atoms with Crippen LogP contribution in [-0.4, -0.2) is 67.3 Å². The Morgan fingerprint density at radius 1 is 0.878 bits per heavy atom. The number of hydrogen-bond acceptors (Lipinski definition) is 6. The molecule has 0 atom stereocenters. The molecule has 0 radical (unpaired) electrons. The van der Waals surface area contributed by atoms with Crippen LogP contribution in [0.15, 0.2) is 64.6 Å². The number of fused-ring (bicyclic) bond motifs is 2. The van der Waals surface area contributed by atoms with Crippen LogP contribution in [0.25, 0.3) is 22.2 Å².